The number of benzene rings is 1. The van der Waals surface area contributed by atoms with Crippen molar-refractivity contribution in [3.8, 4) is 0 Å². The summed E-state index contributed by atoms with van der Waals surface area (Å²) in [5.74, 6) is 0.693. The van der Waals surface area contributed by atoms with Crippen LogP contribution < -0.4 is 10.6 Å². The maximum absolute atomic E-state index is 13.1. The molecule has 31 heavy (non-hydrogen) atoms. The summed E-state index contributed by atoms with van der Waals surface area (Å²) in [7, 11) is 0. The van der Waals surface area contributed by atoms with E-state index < -0.39 is 17.9 Å². The molecule has 1 saturated heterocycles. The van der Waals surface area contributed by atoms with Gasteiger partial charge in [0.1, 0.15) is 24.0 Å². The Morgan fingerprint density at radius 3 is 2.90 bits per heavy atom. The van der Waals surface area contributed by atoms with Gasteiger partial charge in [-0.2, -0.15) is 13.2 Å². The number of alkyl halides is 3. The molecule has 1 aromatic carbocycles. The van der Waals surface area contributed by atoms with Crippen molar-refractivity contribution in [3.63, 3.8) is 0 Å². The van der Waals surface area contributed by atoms with Gasteiger partial charge in [0.15, 0.2) is 6.29 Å². The first kappa shape index (κ1) is 21.4. The van der Waals surface area contributed by atoms with Gasteiger partial charge < -0.3 is 15.6 Å². The Morgan fingerprint density at radius 2 is 2.13 bits per heavy atom. The number of carbonyl (C=O) groups is 1. The van der Waals surface area contributed by atoms with Crippen LogP contribution in [0.15, 0.2) is 36.8 Å². The van der Waals surface area contributed by atoms with Crippen molar-refractivity contribution in [2.75, 3.05) is 23.7 Å². The first-order chi connectivity index (χ1) is 14.8. The summed E-state index contributed by atoms with van der Waals surface area (Å²) in [5, 5.41) is 7.08. The Balaban J connectivity index is 1.47. The average molecular weight is 453 g/mol. The number of rotatable bonds is 6. The van der Waals surface area contributed by atoms with Crippen LogP contribution in [0.1, 0.15) is 18.4 Å². The third-order valence-corrected chi connectivity index (χ3v) is 5.43. The molecule has 3 heterocycles. The molecule has 0 saturated carbocycles. The molecule has 0 radical (unpaired) electrons. The second kappa shape index (κ2) is 8.72. The van der Waals surface area contributed by atoms with E-state index >= 15 is 0 Å². The lowest BCUT2D eigenvalue weighted by atomic mass is 10.0. The number of hydrogen-bond acceptors (Lipinski definition) is 6. The standard InChI is InChI=1S/C20H20ClF3N6O/c21-13-6-12(20(22,23)24)7-15(8-13)28-17(10-31)30-5-1-2-14(9-30)29-19-16-3-4-25-18(16)26-11-27-19/h3-4,6-8,10-11,14,17,28H,1-2,5,9H2,(H2,25,26,27,29)/t14?,17-/m0/s1. The highest BCUT2D eigenvalue weighted by Gasteiger charge is 2.32. The number of anilines is 2. The molecule has 11 heteroatoms. The first-order valence-electron chi connectivity index (χ1n) is 9.72. The number of halogens is 4. The summed E-state index contributed by atoms with van der Waals surface area (Å²) < 4.78 is 39.2. The Bertz CT molecular complexity index is 1070. The summed E-state index contributed by atoms with van der Waals surface area (Å²) in [5.41, 5.74) is -0.0134. The minimum absolute atomic E-state index is 0.0103. The fourth-order valence-electron chi connectivity index (χ4n) is 3.78. The van der Waals surface area contributed by atoms with E-state index in [0.717, 1.165) is 36.0 Å². The zero-order valence-corrected chi connectivity index (χ0v) is 17.0. The smallest absolute Gasteiger partial charge is 0.365 e. The average Bonchev–Trinajstić information content (AvgIpc) is 3.21. The maximum Gasteiger partial charge on any atom is 0.416 e. The van der Waals surface area contributed by atoms with Crippen molar-refractivity contribution >= 4 is 40.4 Å². The highest BCUT2D eigenvalue weighted by molar-refractivity contribution is 6.31. The van der Waals surface area contributed by atoms with Crippen LogP contribution in [0.2, 0.25) is 5.02 Å². The van der Waals surface area contributed by atoms with Crippen molar-refractivity contribution in [3.05, 3.63) is 47.4 Å². The molecular formula is C20H20ClF3N6O. The SMILES string of the molecule is O=C[C@@H](Nc1cc(Cl)cc(C(F)(F)F)c1)N1CCCC(Nc2ncnc3[nH]ccc23)C1. The summed E-state index contributed by atoms with van der Waals surface area (Å²) in [6, 6.07) is 5.07. The van der Waals surface area contributed by atoms with E-state index in [1.165, 1.54) is 12.4 Å². The van der Waals surface area contributed by atoms with Crippen LogP contribution in [0.25, 0.3) is 11.0 Å². The lowest BCUT2D eigenvalue weighted by Gasteiger charge is -2.37. The van der Waals surface area contributed by atoms with E-state index in [4.69, 9.17) is 11.6 Å². The zero-order chi connectivity index (χ0) is 22.0. The Hall–Kier alpha value is -2.85. The first-order valence-corrected chi connectivity index (χ1v) is 10.1. The van der Waals surface area contributed by atoms with Gasteiger partial charge in [0, 0.05) is 36.0 Å². The van der Waals surface area contributed by atoms with E-state index in [0.29, 0.717) is 25.2 Å². The maximum atomic E-state index is 13.1. The molecule has 0 aliphatic carbocycles. The predicted molar refractivity (Wildman–Crippen MR) is 112 cm³/mol. The highest BCUT2D eigenvalue weighted by Crippen LogP contribution is 2.33. The molecule has 164 valence electrons. The molecule has 1 aliphatic heterocycles. The van der Waals surface area contributed by atoms with Crippen molar-refractivity contribution in [1.29, 1.82) is 0 Å². The third-order valence-electron chi connectivity index (χ3n) is 5.21. The monoisotopic (exact) mass is 452 g/mol. The molecule has 7 nitrogen and oxygen atoms in total. The summed E-state index contributed by atoms with van der Waals surface area (Å²) in [6.45, 7) is 1.14. The van der Waals surface area contributed by atoms with Gasteiger partial charge in [-0.15, -0.1) is 0 Å². The molecule has 0 amide bonds. The molecule has 1 unspecified atom stereocenters. The van der Waals surface area contributed by atoms with Gasteiger partial charge in [0.25, 0.3) is 0 Å². The van der Waals surface area contributed by atoms with E-state index in [1.54, 1.807) is 6.20 Å². The van der Waals surface area contributed by atoms with Crippen molar-refractivity contribution in [1.82, 2.24) is 19.9 Å². The van der Waals surface area contributed by atoms with Gasteiger partial charge in [-0.05, 0) is 37.1 Å². The Labute approximate surface area is 181 Å². The number of carbonyl (C=O) groups excluding carboxylic acids is 1. The molecule has 2 atom stereocenters. The molecule has 0 bridgehead atoms. The number of nitrogens with one attached hydrogen (secondary N) is 3. The summed E-state index contributed by atoms with van der Waals surface area (Å²) in [4.78, 5) is 25.2. The van der Waals surface area contributed by atoms with E-state index in [-0.39, 0.29) is 16.8 Å². The van der Waals surface area contributed by atoms with Crippen LogP contribution in [0, 0.1) is 0 Å². The zero-order valence-electron chi connectivity index (χ0n) is 16.3. The van der Waals surface area contributed by atoms with Gasteiger partial charge in [-0.3, -0.25) is 9.69 Å². The number of aromatic nitrogens is 3. The molecule has 3 N–H and O–H groups in total. The van der Waals surface area contributed by atoms with Gasteiger partial charge in [0.05, 0.1) is 10.9 Å². The van der Waals surface area contributed by atoms with Gasteiger partial charge in [-0.1, -0.05) is 11.6 Å². The second-order valence-corrected chi connectivity index (χ2v) is 7.83. The van der Waals surface area contributed by atoms with Gasteiger partial charge in [0.2, 0.25) is 0 Å². The number of hydrogen-bond donors (Lipinski definition) is 3. The molecule has 1 aliphatic rings. The predicted octanol–water partition coefficient (Wildman–Crippen LogP) is 4.14. The minimum Gasteiger partial charge on any atom is -0.365 e. The van der Waals surface area contributed by atoms with Crippen LogP contribution in [0.5, 0.6) is 0 Å². The lowest BCUT2D eigenvalue weighted by molar-refractivity contribution is -0.137. The largest absolute Gasteiger partial charge is 0.416 e. The number of nitrogens with zero attached hydrogens (tertiary/aromatic N) is 3. The van der Waals surface area contributed by atoms with Gasteiger partial charge in [-0.25, -0.2) is 9.97 Å². The van der Waals surface area contributed by atoms with E-state index in [9.17, 15) is 18.0 Å². The normalized spacial score (nSPS) is 18.6. The van der Waals surface area contributed by atoms with Crippen molar-refractivity contribution in [2.45, 2.75) is 31.2 Å². The topological polar surface area (TPSA) is 85.9 Å². The van der Waals surface area contributed by atoms with Crippen LogP contribution in [-0.2, 0) is 11.0 Å². The van der Waals surface area contributed by atoms with Crippen molar-refractivity contribution in [2.24, 2.45) is 0 Å². The molecule has 2 aromatic heterocycles. The Kier molecular flexibility index (Phi) is 6.01. The fourth-order valence-corrected chi connectivity index (χ4v) is 4.01. The van der Waals surface area contributed by atoms with Crippen LogP contribution >= 0.6 is 11.6 Å². The van der Waals surface area contributed by atoms with Crippen LogP contribution in [0.4, 0.5) is 24.7 Å². The van der Waals surface area contributed by atoms with E-state index in [1.807, 2.05) is 11.0 Å². The number of likely N-dealkylation sites (tertiary alicyclic amines) is 1. The second-order valence-electron chi connectivity index (χ2n) is 7.39. The van der Waals surface area contributed by atoms with E-state index in [2.05, 4.69) is 25.6 Å². The number of aldehydes is 1. The molecule has 0 spiro atoms. The van der Waals surface area contributed by atoms with Gasteiger partial charge >= 0.3 is 6.18 Å². The van der Waals surface area contributed by atoms with Crippen LogP contribution in [0.3, 0.4) is 0 Å². The fraction of sp³-hybridized carbons (Fsp3) is 0.350. The summed E-state index contributed by atoms with van der Waals surface area (Å²) >= 11 is 5.85. The minimum atomic E-state index is -4.53. The molecular weight excluding hydrogens is 433 g/mol. The quantitative estimate of drug-likeness (QED) is 0.487. The Morgan fingerprint density at radius 1 is 1.29 bits per heavy atom. The molecule has 3 aromatic rings. The molecule has 4 rings (SSSR count). The van der Waals surface area contributed by atoms with Crippen LogP contribution in [-0.4, -0.2) is 51.4 Å². The third kappa shape index (κ3) is 4.91. The highest BCUT2D eigenvalue weighted by atomic mass is 35.5. The molecule has 1 fully saturated rings. The number of aromatic amines is 1. The number of fused-ring (bicyclic) bond motifs is 1. The lowest BCUT2D eigenvalue weighted by Crippen LogP contribution is -2.50. The van der Waals surface area contributed by atoms with Crippen molar-refractivity contribution < 1.29 is 18.0 Å². The number of H-pyrrole nitrogens is 1. The number of piperidine rings is 1. The summed E-state index contributed by atoms with van der Waals surface area (Å²) in [6.07, 6.45) is 0.299.